The quantitative estimate of drug-likeness (QED) is 0.175. The molecule has 0 saturated carbocycles. The summed E-state index contributed by atoms with van der Waals surface area (Å²) in [4.78, 5) is 18.1. The molecule has 1 aromatic heterocycles. The minimum absolute atomic E-state index is 0.312. The van der Waals surface area contributed by atoms with Crippen LogP contribution in [0.5, 0.6) is 23.0 Å². The van der Waals surface area contributed by atoms with E-state index in [-0.39, 0.29) is 0 Å². The maximum atomic E-state index is 12.4. The van der Waals surface area contributed by atoms with Gasteiger partial charge in [0, 0.05) is 34.0 Å². The first kappa shape index (κ1) is 27.1. The van der Waals surface area contributed by atoms with Crippen LogP contribution in [0.15, 0.2) is 59.6 Å². The number of hydrogen-bond donors (Lipinski definition) is 1. The number of amides is 1. The van der Waals surface area contributed by atoms with Crippen molar-refractivity contribution in [3.8, 4) is 23.0 Å². The molecule has 1 N–H and O–H groups in total. The number of nitrogens with one attached hydrogen (secondary N) is 1. The Morgan fingerprint density at radius 1 is 0.842 bits per heavy atom. The number of pyridine rings is 1. The molecular formula is C30H32N2O5S. The van der Waals surface area contributed by atoms with E-state index in [4.69, 9.17) is 18.9 Å². The summed E-state index contributed by atoms with van der Waals surface area (Å²) in [6.07, 6.45) is 1.21. The van der Waals surface area contributed by atoms with Gasteiger partial charge in [0.2, 0.25) is 0 Å². The second kappa shape index (κ2) is 12.1. The molecule has 7 nitrogen and oxygen atoms in total. The van der Waals surface area contributed by atoms with Crippen molar-refractivity contribution < 1.29 is 23.7 Å². The van der Waals surface area contributed by atoms with Gasteiger partial charge in [0.15, 0.2) is 11.5 Å². The number of hydrogen-bond acceptors (Lipinski definition) is 7. The number of nitrogens with zero attached hydrogens (tertiary/aromatic N) is 1. The summed E-state index contributed by atoms with van der Waals surface area (Å²) >= 11 is 1.68. The number of aryl methyl sites for hydroxylation is 4. The highest BCUT2D eigenvalue weighted by molar-refractivity contribution is 7.99. The monoisotopic (exact) mass is 532 g/mol. The van der Waals surface area contributed by atoms with Gasteiger partial charge in [-0.3, -0.25) is 10.3 Å². The van der Waals surface area contributed by atoms with E-state index >= 15 is 0 Å². The van der Waals surface area contributed by atoms with Crippen molar-refractivity contribution in [3.63, 3.8) is 0 Å². The molecule has 0 radical (unpaired) electrons. The highest BCUT2D eigenvalue weighted by Gasteiger charge is 2.14. The molecule has 8 heteroatoms. The minimum atomic E-state index is -0.482. The normalized spacial score (nSPS) is 10.8. The summed E-state index contributed by atoms with van der Waals surface area (Å²) in [6.45, 7) is 8.31. The van der Waals surface area contributed by atoms with Gasteiger partial charge in [-0.2, -0.15) is 0 Å². The topological polar surface area (TPSA) is 78.9 Å². The molecule has 0 aliphatic heterocycles. The lowest BCUT2D eigenvalue weighted by atomic mass is 10.1. The Morgan fingerprint density at radius 2 is 1.61 bits per heavy atom. The molecule has 4 aromatic rings. The maximum absolute atomic E-state index is 12.4. The zero-order valence-electron chi connectivity index (χ0n) is 22.5. The average molecular weight is 533 g/mol. The standard InChI is InChI=1S/C30H32N2O5S/c1-18-7-8-19(2)29(13-18)38-12-11-36-30(33)32-23-14-21(4)26(15-20(23)3)37-25-9-10-31-24-17-28(35-6)27(34-5)16-22(24)25/h7-10,13-17H,11-12H2,1-6H3,(H,32,33). The predicted molar refractivity (Wildman–Crippen MR) is 152 cm³/mol. The van der Waals surface area contributed by atoms with Crippen LogP contribution in [-0.4, -0.2) is 37.7 Å². The van der Waals surface area contributed by atoms with Gasteiger partial charge in [0.25, 0.3) is 0 Å². The Labute approximate surface area is 227 Å². The molecule has 4 rings (SSSR count). The molecule has 3 aromatic carbocycles. The number of carbonyl (C=O) groups is 1. The van der Waals surface area contributed by atoms with Gasteiger partial charge in [0.1, 0.15) is 18.1 Å². The fourth-order valence-corrected chi connectivity index (χ4v) is 4.94. The molecule has 198 valence electrons. The smallest absolute Gasteiger partial charge is 0.411 e. The highest BCUT2D eigenvalue weighted by Crippen LogP contribution is 2.38. The van der Waals surface area contributed by atoms with Crippen LogP contribution in [0.1, 0.15) is 22.3 Å². The Hall–Kier alpha value is -3.91. The Morgan fingerprint density at radius 3 is 2.37 bits per heavy atom. The number of carbonyl (C=O) groups excluding carboxylic acids is 1. The van der Waals surface area contributed by atoms with E-state index in [0.29, 0.717) is 41.0 Å². The number of thioether (sulfide) groups is 1. The van der Waals surface area contributed by atoms with Crippen molar-refractivity contribution in [2.24, 2.45) is 0 Å². The van der Waals surface area contributed by atoms with E-state index < -0.39 is 6.09 Å². The number of methoxy groups -OCH3 is 2. The van der Waals surface area contributed by atoms with E-state index in [1.165, 1.54) is 16.0 Å². The lowest BCUT2D eigenvalue weighted by Crippen LogP contribution is -2.16. The first-order chi connectivity index (χ1) is 18.3. The number of fused-ring (bicyclic) bond motifs is 1. The molecule has 0 saturated heterocycles. The Kier molecular flexibility index (Phi) is 8.63. The molecule has 0 bridgehead atoms. The summed E-state index contributed by atoms with van der Waals surface area (Å²) in [6, 6.07) is 15.6. The van der Waals surface area contributed by atoms with Crippen LogP contribution in [0.4, 0.5) is 10.5 Å². The van der Waals surface area contributed by atoms with Crippen molar-refractivity contribution in [3.05, 3.63) is 77.0 Å². The summed E-state index contributed by atoms with van der Waals surface area (Å²) in [5.41, 5.74) is 5.55. The summed E-state index contributed by atoms with van der Waals surface area (Å²) < 4.78 is 22.6. The largest absolute Gasteiger partial charge is 0.493 e. The number of aromatic nitrogens is 1. The Balaban J connectivity index is 1.41. The number of anilines is 1. The number of ether oxygens (including phenoxy) is 4. The van der Waals surface area contributed by atoms with Crippen LogP contribution in [-0.2, 0) is 4.74 Å². The Bertz CT molecular complexity index is 1470. The molecule has 1 heterocycles. The second-order valence-corrected chi connectivity index (χ2v) is 10.1. The molecule has 0 spiro atoms. The molecule has 0 atom stereocenters. The predicted octanol–water partition coefficient (Wildman–Crippen LogP) is 7.62. The molecule has 1 amide bonds. The number of benzene rings is 3. The first-order valence-corrected chi connectivity index (χ1v) is 13.2. The van der Waals surface area contributed by atoms with Gasteiger partial charge in [-0.25, -0.2) is 4.79 Å². The van der Waals surface area contributed by atoms with Crippen molar-refractivity contribution in [2.75, 3.05) is 31.9 Å². The highest BCUT2D eigenvalue weighted by atomic mass is 32.2. The first-order valence-electron chi connectivity index (χ1n) is 12.2. The lowest BCUT2D eigenvalue weighted by molar-refractivity contribution is 0.169. The lowest BCUT2D eigenvalue weighted by Gasteiger charge is -2.16. The summed E-state index contributed by atoms with van der Waals surface area (Å²) in [5.74, 6) is 3.19. The van der Waals surface area contributed by atoms with Crippen molar-refractivity contribution in [1.82, 2.24) is 4.98 Å². The molecule has 38 heavy (non-hydrogen) atoms. The van der Waals surface area contributed by atoms with Gasteiger partial charge in [-0.15, -0.1) is 11.8 Å². The van der Waals surface area contributed by atoms with E-state index in [1.807, 2.05) is 44.2 Å². The molecular weight excluding hydrogens is 500 g/mol. The van der Waals surface area contributed by atoms with Crippen molar-refractivity contribution >= 4 is 34.4 Å². The van der Waals surface area contributed by atoms with Crippen LogP contribution in [0.25, 0.3) is 10.9 Å². The van der Waals surface area contributed by atoms with Crippen LogP contribution in [0, 0.1) is 27.7 Å². The fraction of sp³-hybridized carbons (Fsp3) is 0.267. The van der Waals surface area contributed by atoms with Crippen LogP contribution in [0.3, 0.4) is 0 Å². The van der Waals surface area contributed by atoms with E-state index in [0.717, 1.165) is 22.0 Å². The zero-order chi connectivity index (χ0) is 27.2. The fourth-order valence-electron chi connectivity index (χ4n) is 3.98. The average Bonchev–Trinajstić information content (AvgIpc) is 2.90. The van der Waals surface area contributed by atoms with Gasteiger partial charge in [-0.1, -0.05) is 17.7 Å². The van der Waals surface area contributed by atoms with E-state index in [9.17, 15) is 4.79 Å². The third-order valence-corrected chi connectivity index (χ3v) is 7.22. The molecule has 0 aliphatic carbocycles. The van der Waals surface area contributed by atoms with Crippen LogP contribution in [0.2, 0.25) is 0 Å². The summed E-state index contributed by atoms with van der Waals surface area (Å²) in [7, 11) is 3.18. The van der Waals surface area contributed by atoms with Crippen LogP contribution < -0.4 is 19.5 Å². The van der Waals surface area contributed by atoms with Gasteiger partial charge in [0.05, 0.1) is 19.7 Å². The second-order valence-electron chi connectivity index (χ2n) is 8.95. The molecule has 0 fully saturated rings. The van der Waals surface area contributed by atoms with Gasteiger partial charge in [-0.05, 0) is 74.7 Å². The maximum Gasteiger partial charge on any atom is 0.411 e. The summed E-state index contributed by atoms with van der Waals surface area (Å²) in [5, 5.41) is 3.65. The zero-order valence-corrected chi connectivity index (χ0v) is 23.3. The van der Waals surface area contributed by atoms with Crippen molar-refractivity contribution in [1.29, 1.82) is 0 Å². The minimum Gasteiger partial charge on any atom is -0.493 e. The third-order valence-electron chi connectivity index (χ3n) is 6.10. The van der Waals surface area contributed by atoms with Gasteiger partial charge >= 0.3 is 6.09 Å². The van der Waals surface area contributed by atoms with E-state index in [2.05, 4.69) is 42.3 Å². The number of rotatable bonds is 9. The third kappa shape index (κ3) is 6.31. The van der Waals surface area contributed by atoms with Gasteiger partial charge < -0.3 is 18.9 Å². The van der Waals surface area contributed by atoms with Crippen molar-refractivity contribution in [2.45, 2.75) is 32.6 Å². The SMILES string of the molecule is COc1cc2nccc(Oc3cc(C)c(NC(=O)OCCSc4cc(C)ccc4C)cc3C)c2cc1OC. The van der Waals surface area contributed by atoms with Crippen LogP contribution >= 0.6 is 11.8 Å². The molecule has 0 aliphatic rings. The van der Waals surface area contributed by atoms with E-state index in [1.54, 1.807) is 32.2 Å². The molecule has 0 unspecified atom stereocenters.